The topological polar surface area (TPSA) is 90.5 Å². The Bertz CT molecular complexity index is 1410. The molecule has 4 aromatic rings. The highest BCUT2D eigenvalue weighted by Gasteiger charge is 2.12. The lowest BCUT2D eigenvalue weighted by molar-refractivity contribution is -0.118. The number of thioether (sulfide) groups is 1. The van der Waals surface area contributed by atoms with E-state index in [1.807, 2.05) is 56.3 Å². The van der Waals surface area contributed by atoms with E-state index < -0.39 is 0 Å². The fourth-order valence-corrected chi connectivity index (χ4v) is 4.52. The average molecular weight is 492 g/mol. The number of nitrogens with zero attached hydrogens (tertiary/aromatic N) is 4. The van der Waals surface area contributed by atoms with Crippen LogP contribution in [0.1, 0.15) is 30.7 Å². The summed E-state index contributed by atoms with van der Waals surface area (Å²) in [5.74, 6) is 1.69. The molecule has 2 aromatic heterocycles. The molecule has 0 atom stereocenters. The van der Waals surface area contributed by atoms with Crippen LogP contribution in [0.3, 0.4) is 0 Å². The summed E-state index contributed by atoms with van der Waals surface area (Å²) >= 11 is 1.49. The lowest BCUT2D eigenvalue weighted by atomic mass is 10.1. The van der Waals surface area contributed by atoms with E-state index >= 15 is 0 Å². The Morgan fingerprint density at radius 3 is 2.74 bits per heavy atom. The van der Waals surface area contributed by atoms with Gasteiger partial charge in [-0.25, -0.2) is 4.98 Å². The fourth-order valence-electron chi connectivity index (χ4n) is 3.62. The Labute approximate surface area is 208 Å². The smallest absolute Gasteiger partial charge is 0.274 e. The lowest BCUT2D eigenvalue weighted by Crippen LogP contribution is -2.22. The molecule has 8 nitrogen and oxygen atoms in total. The van der Waals surface area contributed by atoms with Crippen LogP contribution >= 0.6 is 11.8 Å². The monoisotopic (exact) mass is 491 g/mol. The Morgan fingerprint density at radius 2 is 1.94 bits per heavy atom. The van der Waals surface area contributed by atoms with Crippen LogP contribution < -0.4 is 15.6 Å². The molecule has 0 saturated carbocycles. The van der Waals surface area contributed by atoms with E-state index in [4.69, 9.17) is 4.74 Å². The molecule has 0 aliphatic carbocycles. The van der Waals surface area contributed by atoms with Crippen LogP contribution in [-0.2, 0) is 17.1 Å². The maximum Gasteiger partial charge on any atom is 0.274 e. The molecule has 0 aliphatic heterocycles. The van der Waals surface area contributed by atoms with Gasteiger partial charge in [0.2, 0.25) is 0 Å². The number of fused-ring (bicyclic) bond motifs is 1. The molecule has 1 amide bonds. The number of benzene rings is 2. The van der Waals surface area contributed by atoms with Gasteiger partial charge in [0.15, 0.2) is 6.61 Å². The third kappa shape index (κ3) is 6.10. The van der Waals surface area contributed by atoms with Gasteiger partial charge in [0.25, 0.3) is 17.2 Å². The molecule has 35 heavy (non-hydrogen) atoms. The Kier molecular flexibility index (Phi) is 7.55. The average Bonchev–Trinajstić information content (AvgIpc) is 3.21. The zero-order valence-corrected chi connectivity index (χ0v) is 21.1. The van der Waals surface area contributed by atoms with Crippen molar-refractivity contribution in [2.24, 2.45) is 5.92 Å². The molecule has 9 heteroatoms. The number of rotatable bonds is 9. The Hall–Kier alpha value is -3.59. The van der Waals surface area contributed by atoms with Crippen molar-refractivity contribution in [3.63, 3.8) is 0 Å². The summed E-state index contributed by atoms with van der Waals surface area (Å²) in [6, 6.07) is 15.0. The van der Waals surface area contributed by atoms with Crippen molar-refractivity contribution in [2.75, 3.05) is 11.9 Å². The Morgan fingerprint density at radius 1 is 1.14 bits per heavy atom. The van der Waals surface area contributed by atoms with Gasteiger partial charge in [0.1, 0.15) is 12.1 Å². The van der Waals surface area contributed by atoms with Crippen LogP contribution in [0.2, 0.25) is 0 Å². The van der Waals surface area contributed by atoms with E-state index in [1.54, 1.807) is 11.0 Å². The van der Waals surface area contributed by atoms with E-state index in [2.05, 4.69) is 29.1 Å². The molecule has 2 aromatic carbocycles. The quantitative estimate of drug-likeness (QED) is 0.347. The molecular formula is C26H29N5O3S. The van der Waals surface area contributed by atoms with Crippen LogP contribution in [0.4, 0.5) is 5.69 Å². The van der Waals surface area contributed by atoms with Gasteiger partial charge in [0, 0.05) is 23.3 Å². The van der Waals surface area contributed by atoms with E-state index in [1.165, 1.54) is 22.3 Å². The third-order valence-electron chi connectivity index (χ3n) is 5.29. The second kappa shape index (κ2) is 10.8. The summed E-state index contributed by atoms with van der Waals surface area (Å²) in [6.07, 6.45) is 1.64. The minimum Gasteiger partial charge on any atom is -0.483 e. The van der Waals surface area contributed by atoms with Crippen molar-refractivity contribution >= 4 is 29.1 Å². The number of carbonyl (C=O) groups excluding carboxylic acids is 1. The SMILES string of the molecule is Cc1ccc(C)c(OCC(=O)Nc2ccccc2SCc2cc(=O)n3c(ncn3CC(C)C)n2)c1. The number of hydrogen-bond acceptors (Lipinski definition) is 6. The molecule has 1 N–H and O–H groups in total. The van der Waals surface area contributed by atoms with Crippen LogP contribution in [0.15, 0.2) is 64.5 Å². The second-order valence-electron chi connectivity index (χ2n) is 8.85. The highest BCUT2D eigenvalue weighted by atomic mass is 32.2. The molecule has 182 valence electrons. The van der Waals surface area contributed by atoms with Crippen molar-refractivity contribution in [2.45, 2.75) is 44.9 Å². The van der Waals surface area contributed by atoms with Gasteiger partial charge in [-0.05, 0) is 49.1 Å². The molecule has 0 saturated heterocycles. The first-order valence-corrected chi connectivity index (χ1v) is 12.4. The van der Waals surface area contributed by atoms with Crippen molar-refractivity contribution in [1.29, 1.82) is 0 Å². The second-order valence-corrected chi connectivity index (χ2v) is 9.87. The number of amides is 1. The molecule has 0 unspecified atom stereocenters. The minimum atomic E-state index is -0.243. The normalized spacial score (nSPS) is 11.2. The van der Waals surface area contributed by atoms with Gasteiger partial charge in [-0.3, -0.25) is 14.3 Å². The highest BCUT2D eigenvalue weighted by molar-refractivity contribution is 7.98. The zero-order chi connectivity index (χ0) is 24.9. The van der Waals surface area contributed by atoms with Crippen molar-refractivity contribution in [3.05, 3.63) is 82.0 Å². The lowest BCUT2D eigenvalue weighted by Gasteiger charge is -2.13. The van der Waals surface area contributed by atoms with Gasteiger partial charge in [-0.15, -0.1) is 11.8 Å². The standard InChI is InChI=1S/C26H29N5O3S/c1-17(2)13-30-16-27-26-28-20(12-25(33)31(26)30)15-35-23-8-6-5-7-21(23)29-24(32)14-34-22-11-18(3)9-10-19(22)4/h5-12,16-17H,13-15H2,1-4H3,(H,29,32). The number of para-hydroxylation sites is 1. The summed E-state index contributed by atoms with van der Waals surface area (Å²) in [4.78, 5) is 35.0. The molecule has 2 heterocycles. The van der Waals surface area contributed by atoms with Crippen LogP contribution in [0, 0.1) is 19.8 Å². The molecule has 0 bridgehead atoms. The first-order chi connectivity index (χ1) is 16.8. The molecule has 0 spiro atoms. The van der Waals surface area contributed by atoms with E-state index in [9.17, 15) is 9.59 Å². The predicted molar refractivity (Wildman–Crippen MR) is 138 cm³/mol. The van der Waals surface area contributed by atoms with Crippen LogP contribution in [-0.4, -0.2) is 31.7 Å². The molecule has 0 aliphatic rings. The maximum absolute atomic E-state index is 12.7. The Balaban J connectivity index is 1.42. The molecule has 4 rings (SSSR count). The number of hydrogen-bond donors (Lipinski definition) is 1. The number of aryl methyl sites for hydroxylation is 2. The first-order valence-electron chi connectivity index (χ1n) is 11.5. The van der Waals surface area contributed by atoms with Gasteiger partial charge in [0.05, 0.1) is 11.4 Å². The van der Waals surface area contributed by atoms with E-state index in [0.29, 0.717) is 41.1 Å². The minimum absolute atomic E-state index is 0.0860. The number of aromatic nitrogens is 4. The number of carbonyl (C=O) groups is 1. The fraction of sp³-hybridized carbons (Fsp3) is 0.308. The van der Waals surface area contributed by atoms with Crippen molar-refractivity contribution in [1.82, 2.24) is 19.2 Å². The summed E-state index contributed by atoms with van der Waals surface area (Å²) in [6.45, 7) is 8.70. The summed E-state index contributed by atoms with van der Waals surface area (Å²) in [5, 5.41) is 2.93. The molecular weight excluding hydrogens is 462 g/mol. The highest BCUT2D eigenvalue weighted by Crippen LogP contribution is 2.29. The van der Waals surface area contributed by atoms with E-state index in [-0.39, 0.29) is 18.1 Å². The maximum atomic E-state index is 12.7. The number of ether oxygens (including phenoxy) is 1. The molecule has 0 fully saturated rings. The van der Waals surface area contributed by atoms with Gasteiger partial charge in [-0.1, -0.05) is 38.1 Å². The van der Waals surface area contributed by atoms with Crippen molar-refractivity contribution in [3.8, 4) is 5.75 Å². The summed E-state index contributed by atoms with van der Waals surface area (Å²) in [5.41, 5.74) is 3.22. The predicted octanol–water partition coefficient (Wildman–Crippen LogP) is 4.47. The zero-order valence-electron chi connectivity index (χ0n) is 20.3. The van der Waals surface area contributed by atoms with Crippen molar-refractivity contribution < 1.29 is 9.53 Å². The number of nitrogens with one attached hydrogen (secondary N) is 1. The first kappa shape index (κ1) is 24.5. The van der Waals surface area contributed by atoms with Crippen LogP contribution in [0.25, 0.3) is 5.78 Å². The largest absolute Gasteiger partial charge is 0.483 e. The van der Waals surface area contributed by atoms with Gasteiger partial charge >= 0.3 is 0 Å². The third-order valence-corrected chi connectivity index (χ3v) is 6.39. The summed E-state index contributed by atoms with van der Waals surface area (Å²) in [7, 11) is 0. The summed E-state index contributed by atoms with van der Waals surface area (Å²) < 4.78 is 9.01. The van der Waals surface area contributed by atoms with Gasteiger partial charge in [-0.2, -0.15) is 9.50 Å². The molecule has 0 radical (unpaired) electrons. The van der Waals surface area contributed by atoms with Gasteiger partial charge < -0.3 is 10.1 Å². The van der Waals surface area contributed by atoms with Crippen LogP contribution in [0.5, 0.6) is 5.75 Å². The number of anilines is 1. The van der Waals surface area contributed by atoms with E-state index in [0.717, 1.165) is 16.0 Å².